The number of hydrogen-bond donors (Lipinski definition) is 1. The van der Waals surface area contributed by atoms with E-state index >= 15 is 0 Å². The Balaban J connectivity index is 4.31. The third kappa shape index (κ3) is 5.87. The van der Waals surface area contributed by atoms with Gasteiger partial charge in [0.25, 0.3) is 0 Å². The van der Waals surface area contributed by atoms with Crippen LogP contribution in [0.4, 0.5) is 0 Å². The van der Waals surface area contributed by atoms with E-state index in [1.165, 1.54) is 6.42 Å². The fraction of sp³-hybridized carbons (Fsp3) is 1.00. The minimum Gasteiger partial charge on any atom is -0.314 e. The molecule has 0 rings (SSSR count). The quantitative estimate of drug-likeness (QED) is 0.702. The lowest BCUT2D eigenvalue weighted by atomic mass is 9.84. The molecule has 1 N–H and O–H groups in total. The van der Waals surface area contributed by atoms with E-state index in [9.17, 15) is 0 Å². The normalized spacial score (nSPS) is 16.6. The molecule has 0 radical (unpaired) electrons. The average molecular weight is 242 g/mol. The van der Waals surface area contributed by atoms with Crippen LogP contribution < -0.4 is 5.32 Å². The van der Waals surface area contributed by atoms with E-state index in [0.29, 0.717) is 17.5 Å². The monoisotopic (exact) mass is 242 g/mol. The minimum absolute atomic E-state index is 0.313. The highest BCUT2D eigenvalue weighted by atomic mass is 15.1. The van der Waals surface area contributed by atoms with E-state index in [-0.39, 0.29) is 0 Å². The van der Waals surface area contributed by atoms with Gasteiger partial charge in [-0.3, -0.25) is 0 Å². The summed E-state index contributed by atoms with van der Waals surface area (Å²) in [7, 11) is 2.25. The van der Waals surface area contributed by atoms with Crippen molar-refractivity contribution in [1.82, 2.24) is 10.2 Å². The Morgan fingerprint density at radius 2 is 1.65 bits per heavy atom. The molecule has 2 nitrogen and oxygen atoms in total. The molecule has 17 heavy (non-hydrogen) atoms. The Bertz CT molecular complexity index is 199. The third-order valence-corrected chi connectivity index (χ3v) is 4.19. The minimum atomic E-state index is 0.313. The summed E-state index contributed by atoms with van der Waals surface area (Å²) in [6.07, 6.45) is 1.21. The maximum atomic E-state index is 3.62. The first-order chi connectivity index (χ1) is 7.72. The van der Waals surface area contributed by atoms with Crippen molar-refractivity contribution in [2.75, 3.05) is 20.1 Å². The maximum Gasteiger partial charge on any atom is 0.0102 e. The molecule has 0 saturated heterocycles. The number of hydrogen-bond acceptors (Lipinski definition) is 2. The molecule has 0 saturated carbocycles. The number of nitrogens with one attached hydrogen (secondary N) is 1. The zero-order chi connectivity index (χ0) is 13.6. The number of nitrogens with zero attached hydrogens (tertiary/aromatic N) is 1. The van der Waals surface area contributed by atoms with E-state index in [1.54, 1.807) is 0 Å². The van der Waals surface area contributed by atoms with Crippen molar-refractivity contribution in [3.05, 3.63) is 0 Å². The summed E-state index contributed by atoms with van der Waals surface area (Å²) in [5, 5.41) is 3.62. The second-order valence-electron chi connectivity index (χ2n) is 6.56. The Kier molecular flexibility index (Phi) is 7.34. The SMILES string of the molecule is CCCNC(C)C(C)(C)CN(C)C(C)C(C)C. The average Bonchev–Trinajstić information content (AvgIpc) is 2.23. The van der Waals surface area contributed by atoms with Gasteiger partial charge in [-0.25, -0.2) is 0 Å². The van der Waals surface area contributed by atoms with Gasteiger partial charge in [0.15, 0.2) is 0 Å². The maximum absolute atomic E-state index is 3.62. The predicted molar refractivity (Wildman–Crippen MR) is 78.5 cm³/mol. The highest BCUT2D eigenvalue weighted by Gasteiger charge is 2.28. The third-order valence-electron chi connectivity index (χ3n) is 4.19. The summed E-state index contributed by atoms with van der Waals surface area (Å²) in [5.74, 6) is 0.717. The van der Waals surface area contributed by atoms with Gasteiger partial charge in [-0.1, -0.05) is 34.6 Å². The summed E-state index contributed by atoms with van der Waals surface area (Å²) in [6.45, 7) is 18.4. The van der Waals surface area contributed by atoms with Crippen LogP contribution in [0.2, 0.25) is 0 Å². The lowest BCUT2D eigenvalue weighted by Crippen LogP contribution is -2.48. The van der Waals surface area contributed by atoms with Gasteiger partial charge in [0.1, 0.15) is 0 Å². The Morgan fingerprint density at radius 1 is 1.12 bits per heavy atom. The van der Waals surface area contributed by atoms with Gasteiger partial charge in [-0.15, -0.1) is 0 Å². The van der Waals surface area contributed by atoms with Gasteiger partial charge >= 0.3 is 0 Å². The molecule has 0 fully saturated rings. The lowest BCUT2D eigenvalue weighted by Gasteiger charge is -2.39. The molecule has 0 amide bonds. The molecule has 2 heteroatoms. The van der Waals surface area contributed by atoms with Crippen molar-refractivity contribution in [2.24, 2.45) is 11.3 Å². The highest BCUT2D eigenvalue weighted by Crippen LogP contribution is 2.23. The van der Waals surface area contributed by atoms with Crippen LogP contribution in [-0.2, 0) is 0 Å². The molecule has 0 heterocycles. The first-order valence-corrected chi connectivity index (χ1v) is 7.16. The largest absolute Gasteiger partial charge is 0.314 e. The summed E-state index contributed by atoms with van der Waals surface area (Å²) in [5.41, 5.74) is 0.313. The van der Waals surface area contributed by atoms with E-state index in [1.807, 2.05) is 0 Å². The fourth-order valence-corrected chi connectivity index (χ4v) is 2.07. The van der Waals surface area contributed by atoms with Crippen LogP contribution in [0.5, 0.6) is 0 Å². The molecule has 0 aromatic carbocycles. The van der Waals surface area contributed by atoms with Crippen LogP contribution in [0.3, 0.4) is 0 Å². The first kappa shape index (κ1) is 16.9. The lowest BCUT2D eigenvalue weighted by molar-refractivity contribution is 0.116. The molecule has 0 aromatic rings. The smallest absolute Gasteiger partial charge is 0.0102 e. The molecular weight excluding hydrogens is 208 g/mol. The Morgan fingerprint density at radius 3 is 2.06 bits per heavy atom. The second kappa shape index (κ2) is 7.38. The van der Waals surface area contributed by atoms with E-state index in [2.05, 4.69) is 65.7 Å². The molecule has 0 aliphatic carbocycles. The van der Waals surface area contributed by atoms with Gasteiger partial charge in [0.05, 0.1) is 0 Å². The summed E-state index contributed by atoms with van der Waals surface area (Å²) in [6, 6.07) is 1.21. The summed E-state index contributed by atoms with van der Waals surface area (Å²) in [4.78, 5) is 2.49. The highest BCUT2D eigenvalue weighted by molar-refractivity contribution is 4.84. The molecule has 0 aliphatic rings. The van der Waals surface area contributed by atoms with Crippen molar-refractivity contribution in [3.63, 3.8) is 0 Å². The van der Waals surface area contributed by atoms with Gasteiger partial charge in [0.2, 0.25) is 0 Å². The van der Waals surface area contributed by atoms with Crippen molar-refractivity contribution < 1.29 is 0 Å². The van der Waals surface area contributed by atoms with Gasteiger partial charge in [-0.2, -0.15) is 0 Å². The zero-order valence-electron chi connectivity index (χ0n) is 13.3. The predicted octanol–water partition coefficient (Wildman–Crippen LogP) is 3.38. The Labute approximate surface area is 109 Å². The molecular formula is C15H34N2. The standard InChI is InChI=1S/C15H34N2/c1-9-10-16-14(5)15(6,7)11-17(8)13(4)12(2)3/h12-14,16H,9-11H2,1-8H3. The van der Waals surface area contributed by atoms with E-state index < -0.39 is 0 Å². The van der Waals surface area contributed by atoms with Crippen LogP contribution in [0.25, 0.3) is 0 Å². The number of rotatable bonds is 8. The van der Waals surface area contributed by atoms with E-state index in [0.717, 1.165) is 19.0 Å². The van der Waals surface area contributed by atoms with Crippen molar-refractivity contribution in [2.45, 2.75) is 67.0 Å². The molecule has 2 atom stereocenters. The van der Waals surface area contributed by atoms with Crippen LogP contribution in [0.15, 0.2) is 0 Å². The Hall–Kier alpha value is -0.0800. The van der Waals surface area contributed by atoms with Gasteiger partial charge < -0.3 is 10.2 Å². The first-order valence-electron chi connectivity index (χ1n) is 7.16. The molecule has 0 aromatic heterocycles. The second-order valence-corrected chi connectivity index (χ2v) is 6.56. The summed E-state index contributed by atoms with van der Waals surface area (Å²) < 4.78 is 0. The van der Waals surface area contributed by atoms with Gasteiger partial charge in [0, 0.05) is 18.6 Å². The van der Waals surface area contributed by atoms with Crippen LogP contribution >= 0.6 is 0 Å². The van der Waals surface area contributed by atoms with Crippen LogP contribution in [0, 0.1) is 11.3 Å². The summed E-state index contributed by atoms with van der Waals surface area (Å²) >= 11 is 0. The molecule has 104 valence electrons. The van der Waals surface area contributed by atoms with Crippen molar-refractivity contribution in [1.29, 1.82) is 0 Å². The van der Waals surface area contributed by atoms with Crippen molar-refractivity contribution in [3.8, 4) is 0 Å². The molecule has 0 aliphatic heterocycles. The fourth-order valence-electron chi connectivity index (χ4n) is 2.07. The van der Waals surface area contributed by atoms with Crippen LogP contribution in [-0.4, -0.2) is 37.1 Å². The van der Waals surface area contributed by atoms with Gasteiger partial charge in [-0.05, 0) is 45.2 Å². The topological polar surface area (TPSA) is 15.3 Å². The molecule has 2 unspecified atom stereocenters. The molecule has 0 bridgehead atoms. The van der Waals surface area contributed by atoms with Crippen molar-refractivity contribution >= 4 is 0 Å². The molecule has 0 spiro atoms. The van der Waals surface area contributed by atoms with Crippen LogP contribution in [0.1, 0.15) is 54.9 Å². The van der Waals surface area contributed by atoms with E-state index in [4.69, 9.17) is 0 Å². The zero-order valence-corrected chi connectivity index (χ0v) is 13.3.